The molecule has 0 aliphatic carbocycles. The van der Waals surface area contributed by atoms with Crippen molar-refractivity contribution >= 4 is 14.2 Å². The van der Waals surface area contributed by atoms with Gasteiger partial charge in [0.15, 0.2) is 13.9 Å². The monoisotopic (exact) mass is 265 g/mol. The number of halogens is 2. The van der Waals surface area contributed by atoms with Gasteiger partial charge in [0.1, 0.15) is 6.04 Å². The Balaban J connectivity index is 2.90. The Morgan fingerprint density at radius 1 is 1.41 bits per heavy atom. The van der Waals surface area contributed by atoms with E-state index in [2.05, 4.69) is 5.32 Å². The van der Waals surface area contributed by atoms with Crippen LogP contribution in [0, 0.1) is 0 Å². The van der Waals surface area contributed by atoms with Crippen LogP contribution in [0.15, 0.2) is 0 Å². The van der Waals surface area contributed by atoms with Crippen LogP contribution in [0.2, 0.25) is 18.1 Å². The first-order chi connectivity index (χ1) is 7.42. The molecule has 1 aliphatic heterocycles. The predicted molar refractivity (Wildman–Crippen MR) is 64.6 cm³/mol. The van der Waals surface area contributed by atoms with Crippen molar-refractivity contribution in [1.82, 2.24) is 5.32 Å². The van der Waals surface area contributed by atoms with Gasteiger partial charge in [0.2, 0.25) is 0 Å². The van der Waals surface area contributed by atoms with Crippen molar-refractivity contribution in [2.75, 3.05) is 0 Å². The number of carbonyl (C=O) groups is 1. The molecule has 6 heteroatoms. The van der Waals surface area contributed by atoms with E-state index in [0.717, 1.165) is 0 Å². The maximum absolute atomic E-state index is 12.7. The fourth-order valence-corrected chi connectivity index (χ4v) is 3.17. The summed E-state index contributed by atoms with van der Waals surface area (Å²) >= 11 is 0. The first kappa shape index (κ1) is 14.6. The number of β-lactam (4-membered cyclic amide) rings is 1. The maximum atomic E-state index is 12.7. The number of hydrogen-bond donors (Lipinski definition) is 1. The van der Waals surface area contributed by atoms with Gasteiger partial charge in [-0.25, -0.2) is 8.78 Å². The molecule has 1 fully saturated rings. The SMILES string of the molecule is CC(C)(C)[Si](C)(C)O[C@@]1(C)C(=O)N[C@H]1C(F)F. The molecule has 0 spiro atoms. The van der Waals surface area contributed by atoms with Crippen molar-refractivity contribution < 1.29 is 18.0 Å². The topological polar surface area (TPSA) is 38.3 Å². The molecule has 0 saturated carbocycles. The Hall–Kier alpha value is -0.493. The van der Waals surface area contributed by atoms with Crippen LogP contribution in [0.3, 0.4) is 0 Å². The van der Waals surface area contributed by atoms with Gasteiger partial charge >= 0.3 is 0 Å². The van der Waals surface area contributed by atoms with E-state index < -0.39 is 32.3 Å². The average molecular weight is 265 g/mol. The van der Waals surface area contributed by atoms with Gasteiger partial charge in [0.05, 0.1) is 0 Å². The van der Waals surface area contributed by atoms with Gasteiger partial charge in [-0.05, 0) is 25.1 Å². The van der Waals surface area contributed by atoms with E-state index in [1.54, 1.807) is 0 Å². The van der Waals surface area contributed by atoms with E-state index in [-0.39, 0.29) is 5.04 Å². The molecule has 17 heavy (non-hydrogen) atoms. The van der Waals surface area contributed by atoms with Crippen LogP contribution in [0.25, 0.3) is 0 Å². The zero-order valence-electron chi connectivity index (χ0n) is 11.2. The van der Waals surface area contributed by atoms with Gasteiger partial charge in [-0.2, -0.15) is 0 Å². The molecular formula is C11H21F2NO2Si. The van der Waals surface area contributed by atoms with Gasteiger partial charge in [-0.15, -0.1) is 0 Å². The number of carbonyl (C=O) groups excluding carboxylic acids is 1. The highest BCUT2D eigenvalue weighted by atomic mass is 28.4. The molecule has 0 unspecified atom stereocenters. The minimum absolute atomic E-state index is 0.113. The second-order valence-electron chi connectivity index (χ2n) is 6.26. The van der Waals surface area contributed by atoms with E-state index in [4.69, 9.17) is 4.43 Å². The fraction of sp³-hybridized carbons (Fsp3) is 0.909. The summed E-state index contributed by atoms with van der Waals surface area (Å²) in [6.45, 7) is 11.4. The fourth-order valence-electron chi connectivity index (χ4n) is 1.58. The quantitative estimate of drug-likeness (QED) is 0.629. The van der Waals surface area contributed by atoms with Crippen LogP contribution < -0.4 is 5.32 Å². The van der Waals surface area contributed by atoms with Gasteiger partial charge < -0.3 is 9.74 Å². The lowest BCUT2D eigenvalue weighted by atomic mass is 9.87. The van der Waals surface area contributed by atoms with Gasteiger partial charge in [-0.3, -0.25) is 4.79 Å². The molecule has 1 aliphatic rings. The summed E-state index contributed by atoms with van der Waals surface area (Å²) in [5, 5.41) is 2.10. The first-order valence-corrected chi connectivity index (χ1v) is 8.62. The zero-order valence-corrected chi connectivity index (χ0v) is 12.2. The number of nitrogens with one attached hydrogen (secondary N) is 1. The lowest BCUT2D eigenvalue weighted by Gasteiger charge is -2.51. The normalized spacial score (nSPS) is 30.2. The van der Waals surface area contributed by atoms with E-state index in [1.165, 1.54) is 6.92 Å². The van der Waals surface area contributed by atoms with Gasteiger partial charge in [0, 0.05) is 0 Å². The van der Waals surface area contributed by atoms with Crippen LogP contribution in [0.5, 0.6) is 0 Å². The lowest BCUT2D eigenvalue weighted by molar-refractivity contribution is -0.165. The summed E-state index contributed by atoms with van der Waals surface area (Å²) in [6, 6.07) is -1.19. The molecule has 0 aromatic rings. The van der Waals surface area contributed by atoms with Crippen molar-refractivity contribution in [3.05, 3.63) is 0 Å². The van der Waals surface area contributed by atoms with Crippen LogP contribution in [0.1, 0.15) is 27.7 Å². The molecule has 1 heterocycles. The summed E-state index contributed by atoms with van der Waals surface area (Å²) in [5.41, 5.74) is -1.38. The summed E-state index contributed by atoms with van der Waals surface area (Å²) in [7, 11) is -2.23. The Labute approximate surface area is 102 Å². The molecule has 1 amide bonds. The Bertz CT molecular complexity index is 328. The predicted octanol–water partition coefficient (Wildman–Crippen LogP) is 2.53. The summed E-state index contributed by atoms with van der Waals surface area (Å²) in [6.07, 6.45) is -2.59. The Morgan fingerprint density at radius 2 is 1.88 bits per heavy atom. The zero-order chi connectivity index (χ0) is 13.6. The van der Waals surface area contributed by atoms with Crippen LogP contribution in [0.4, 0.5) is 8.78 Å². The standard InChI is InChI=1S/C11H21F2NO2Si/c1-10(2,3)17(5,6)16-11(4)7(8(12)13)14-9(11)15/h7-8H,1-6H3,(H,14,15)/t7-,11+/m0/s1. The van der Waals surface area contributed by atoms with Gasteiger partial charge in [-0.1, -0.05) is 20.8 Å². The average Bonchev–Trinajstić information content (AvgIpc) is 2.10. The van der Waals surface area contributed by atoms with Crippen molar-refractivity contribution in [2.45, 2.75) is 63.9 Å². The van der Waals surface area contributed by atoms with Crippen molar-refractivity contribution in [1.29, 1.82) is 0 Å². The van der Waals surface area contributed by atoms with Crippen molar-refractivity contribution in [2.24, 2.45) is 0 Å². The lowest BCUT2D eigenvalue weighted by Crippen LogP contribution is -2.76. The highest BCUT2D eigenvalue weighted by Gasteiger charge is 2.60. The van der Waals surface area contributed by atoms with Gasteiger partial charge in [0.25, 0.3) is 12.3 Å². The second kappa shape index (κ2) is 4.02. The number of amides is 1. The molecule has 1 saturated heterocycles. The smallest absolute Gasteiger partial charge is 0.261 e. The molecule has 0 aromatic carbocycles. The van der Waals surface area contributed by atoms with E-state index in [9.17, 15) is 13.6 Å². The van der Waals surface area contributed by atoms with Crippen LogP contribution in [-0.4, -0.2) is 32.3 Å². The molecule has 1 N–H and O–H groups in total. The minimum atomic E-state index is -2.59. The van der Waals surface area contributed by atoms with E-state index in [1.807, 2.05) is 33.9 Å². The Kier molecular flexibility index (Phi) is 3.44. The summed E-state index contributed by atoms with van der Waals surface area (Å²) in [5.74, 6) is -0.437. The minimum Gasteiger partial charge on any atom is -0.401 e. The molecule has 0 bridgehead atoms. The first-order valence-electron chi connectivity index (χ1n) is 5.71. The molecular weight excluding hydrogens is 244 g/mol. The van der Waals surface area contributed by atoms with E-state index in [0.29, 0.717) is 0 Å². The molecule has 0 aromatic heterocycles. The molecule has 0 radical (unpaired) electrons. The summed E-state index contributed by atoms with van der Waals surface area (Å²) < 4.78 is 31.3. The summed E-state index contributed by atoms with van der Waals surface area (Å²) in [4.78, 5) is 11.5. The van der Waals surface area contributed by atoms with Crippen molar-refractivity contribution in [3.63, 3.8) is 0 Å². The highest BCUT2D eigenvalue weighted by Crippen LogP contribution is 2.42. The number of hydrogen-bond acceptors (Lipinski definition) is 2. The number of alkyl halides is 2. The highest BCUT2D eigenvalue weighted by molar-refractivity contribution is 6.74. The Morgan fingerprint density at radius 3 is 2.18 bits per heavy atom. The third-order valence-corrected chi connectivity index (χ3v) is 8.40. The van der Waals surface area contributed by atoms with E-state index >= 15 is 0 Å². The van der Waals surface area contributed by atoms with Crippen molar-refractivity contribution in [3.8, 4) is 0 Å². The third-order valence-electron chi connectivity index (χ3n) is 3.86. The second-order valence-corrected chi connectivity index (χ2v) is 11.0. The number of rotatable bonds is 3. The molecule has 100 valence electrons. The largest absolute Gasteiger partial charge is 0.401 e. The van der Waals surface area contributed by atoms with Crippen LogP contribution in [-0.2, 0) is 9.22 Å². The molecule has 3 nitrogen and oxygen atoms in total. The molecule has 1 rings (SSSR count). The van der Waals surface area contributed by atoms with Crippen LogP contribution >= 0.6 is 0 Å². The third kappa shape index (κ3) is 2.38. The molecule has 2 atom stereocenters. The maximum Gasteiger partial charge on any atom is 0.261 e.